The Morgan fingerprint density at radius 1 is 1.22 bits per heavy atom. The van der Waals surface area contributed by atoms with E-state index >= 15 is 0 Å². The number of nitrogens with two attached hydrogens (primary N) is 1. The van der Waals surface area contributed by atoms with Crippen molar-refractivity contribution < 1.29 is 16.8 Å². The van der Waals surface area contributed by atoms with Gasteiger partial charge in [0.2, 0.25) is 10.0 Å². The van der Waals surface area contributed by atoms with Crippen molar-refractivity contribution in [2.24, 2.45) is 5.73 Å². The monoisotopic (exact) mass is 360 g/mol. The lowest BCUT2D eigenvalue weighted by atomic mass is 10.00. The summed E-state index contributed by atoms with van der Waals surface area (Å²) < 4.78 is 51.3. The molecule has 0 radical (unpaired) electrons. The van der Waals surface area contributed by atoms with Gasteiger partial charge in [-0.1, -0.05) is 19.4 Å². The van der Waals surface area contributed by atoms with Crippen LogP contribution in [0.1, 0.15) is 33.1 Å². The zero-order chi connectivity index (χ0) is 17.3. The maximum Gasteiger partial charge on any atom is 0.243 e. The van der Waals surface area contributed by atoms with E-state index < -0.39 is 19.9 Å². The molecular weight excluding hydrogens is 336 g/mol. The predicted octanol–water partition coefficient (Wildman–Crippen LogP) is 1.37. The standard InChI is InChI=1S/C15H24N2O4S2/c1-3-22(18,19)13-7-6-8-14(11-13)23(20,21)17-10-5-4-9-15(17)12(2)16/h6-8,11-12,15H,3-5,9-10,16H2,1-2H3/t12-,15+/m1/s1. The van der Waals surface area contributed by atoms with Crippen LogP contribution in [0.25, 0.3) is 0 Å². The van der Waals surface area contributed by atoms with Crippen LogP contribution in [-0.2, 0) is 19.9 Å². The topological polar surface area (TPSA) is 97.5 Å². The summed E-state index contributed by atoms with van der Waals surface area (Å²) in [7, 11) is -7.21. The van der Waals surface area contributed by atoms with Crippen molar-refractivity contribution in [3.63, 3.8) is 0 Å². The first-order valence-corrected chi connectivity index (χ1v) is 10.9. The summed E-state index contributed by atoms with van der Waals surface area (Å²) in [5.74, 6) is -0.0668. The molecule has 6 nitrogen and oxygen atoms in total. The lowest BCUT2D eigenvalue weighted by Crippen LogP contribution is -2.51. The Kier molecular flexibility index (Phi) is 5.50. The molecule has 0 saturated carbocycles. The number of hydrogen-bond acceptors (Lipinski definition) is 5. The fourth-order valence-electron chi connectivity index (χ4n) is 2.88. The van der Waals surface area contributed by atoms with Crippen LogP contribution in [0, 0.1) is 0 Å². The van der Waals surface area contributed by atoms with E-state index in [0.29, 0.717) is 6.54 Å². The van der Waals surface area contributed by atoms with E-state index in [9.17, 15) is 16.8 Å². The van der Waals surface area contributed by atoms with Crippen molar-refractivity contribution in [2.45, 2.75) is 55.0 Å². The van der Waals surface area contributed by atoms with Crippen LogP contribution in [0.2, 0.25) is 0 Å². The minimum absolute atomic E-state index is 0.0135. The summed E-state index contributed by atoms with van der Waals surface area (Å²) in [4.78, 5) is 0.0509. The quantitative estimate of drug-likeness (QED) is 0.855. The molecule has 0 aliphatic carbocycles. The maximum absolute atomic E-state index is 12.9. The lowest BCUT2D eigenvalue weighted by molar-refractivity contribution is 0.227. The molecule has 1 fully saturated rings. The normalized spacial score (nSPS) is 22.0. The largest absolute Gasteiger partial charge is 0.326 e. The molecule has 1 saturated heterocycles. The molecule has 1 aromatic carbocycles. The molecule has 1 aromatic rings. The predicted molar refractivity (Wildman–Crippen MR) is 89.3 cm³/mol. The summed E-state index contributed by atoms with van der Waals surface area (Å²) in [6.07, 6.45) is 2.46. The Morgan fingerprint density at radius 3 is 2.48 bits per heavy atom. The first-order valence-electron chi connectivity index (χ1n) is 7.80. The van der Waals surface area contributed by atoms with Gasteiger partial charge in [-0.3, -0.25) is 0 Å². The van der Waals surface area contributed by atoms with Crippen LogP contribution in [-0.4, -0.2) is 45.5 Å². The second-order valence-corrected chi connectivity index (χ2v) is 10.1. The SMILES string of the molecule is CCS(=O)(=O)c1cccc(S(=O)(=O)N2CCCC[C@H]2[C@@H](C)N)c1. The Hall–Kier alpha value is -0.960. The van der Waals surface area contributed by atoms with Crippen molar-refractivity contribution in [3.8, 4) is 0 Å². The first kappa shape index (κ1) is 18.4. The van der Waals surface area contributed by atoms with Gasteiger partial charge in [-0.05, 0) is 38.0 Å². The second kappa shape index (κ2) is 6.88. The molecule has 0 spiro atoms. The van der Waals surface area contributed by atoms with E-state index in [4.69, 9.17) is 5.73 Å². The van der Waals surface area contributed by atoms with Gasteiger partial charge in [-0.25, -0.2) is 16.8 Å². The number of benzene rings is 1. The van der Waals surface area contributed by atoms with E-state index in [1.165, 1.54) is 35.5 Å². The van der Waals surface area contributed by atoms with Crippen molar-refractivity contribution >= 4 is 19.9 Å². The summed E-state index contributed by atoms with van der Waals surface area (Å²) in [5.41, 5.74) is 5.95. The fraction of sp³-hybridized carbons (Fsp3) is 0.600. The van der Waals surface area contributed by atoms with Gasteiger partial charge in [0.25, 0.3) is 0 Å². The van der Waals surface area contributed by atoms with Gasteiger partial charge in [-0.15, -0.1) is 0 Å². The molecule has 2 atom stereocenters. The average molecular weight is 361 g/mol. The third-order valence-electron chi connectivity index (χ3n) is 4.26. The van der Waals surface area contributed by atoms with Gasteiger partial charge >= 0.3 is 0 Å². The minimum atomic E-state index is -3.76. The number of sulfone groups is 1. The first-order chi connectivity index (χ1) is 10.7. The van der Waals surface area contributed by atoms with Gasteiger partial charge in [0.1, 0.15) is 0 Å². The van der Waals surface area contributed by atoms with Gasteiger partial charge in [-0.2, -0.15) is 4.31 Å². The third-order valence-corrected chi connectivity index (χ3v) is 7.91. The van der Waals surface area contributed by atoms with E-state index in [2.05, 4.69) is 0 Å². The second-order valence-electron chi connectivity index (χ2n) is 5.92. The average Bonchev–Trinajstić information content (AvgIpc) is 2.55. The Labute approximate surface area is 138 Å². The zero-order valence-electron chi connectivity index (χ0n) is 13.5. The van der Waals surface area contributed by atoms with Crippen LogP contribution in [0.3, 0.4) is 0 Å². The smallest absolute Gasteiger partial charge is 0.243 e. The van der Waals surface area contributed by atoms with Crippen molar-refractivity contribution in [1.29, 1.82) is 0 Å². The van der Waals surface area contributed by atoms with Gasteiger partial charge < -0.3 is 5.73 Å². The van der Waals surface area contributed by atoms with Crippen LogP contribution < -0.4 is 5.73 Å². The van der Waals surface area contributed by atoms with Crippen LogP contribution >= 0.6 is 0 Å². The van der Waals surface area contributed by atoms with Crippen LogP contribution in [0.4, 0.5) is 0 Å². The van der Waals surface area contributed by atoms with E-state index in [1.807, 2.05) is 0 Å². The molecular formula is C15H24N2O4S2. The molecule has 1 aliphatic heterocycles. The van der Waals surface area contributed by atoms with Gasteiger partial charge in [0.05, 0.1) is 15.5 Å². The molecule has 1 aliphatic rings. The number of nitrogens with zero attached hydrogens (tertiary/aromatic N) is 1. The molecule has 8 heteroatoms. The van der Waals surface area contributed by atoms with E-state index in [1.54, 1.807) is 6.92 Å². The fourth-order valence-corrected chi connectivity index (χ4v) is 5.71. The summed E-state index contributed by atoms with van der Waals surface area (Å²) in [6.45, 7) is 3.75. The van der Waals surface area contributed by atoms with E-state index in [-0.39, 0.29) is 27.6 Å². The van der Waals surface area contributed by atoms with E-state index in [0.717, 1.165) is 19.3 Å². The number of hydrogen-bond donors (Lipinski definition) is 1. The highest BCUT2D eigenvalue weighted by Crippen LogP contribution is 2.28. The highest BCUT2D eigenvalue weighted by Gasteiger charge is 2.35. The number of rotatable bonds is 5. The number of piperidine rings is 1. The maximum atomic E-state index is 12.9. The molecule has 2 rings (SSSR count). The molecule has 2 N–H and O–H groups in total. The summed E-state index contributed by atoms with van der Waals surface area (Å²) >= 11 is 0. The Balaban J connectivity index is 2.45. The highest BCUT2D eigenvalue weighted by atomic mass is 32.2. The number of sulfonamides is 1. The zero-order valence-corrected chi connectivity index (χ0v) is 15.1. The summed E-state index contributed by atoms with van der Waals surface area (Å²) in [6, 6.07) is 5.07. The van der Waals surface area contributed by atoms with Crippen LogP contribution in [0.5, 0.6) is 0 Å². The van der Waals surface area contributed by atoms with Crippen molar-refractivity contribution in [2.75, 3.05) is 12.3 Å². The highest BCUT2D eigenvalue weighted by molar-refractivity contribution is 7.91. The molecule has 0 amide bonds. The molecule has 0 unspecified atom stereocenters. The Morgan fingerprint density at radius 2 is 1.87 bits per heavy atom. The molecule has 0 bridgehead atoms. The summed E-state index contributed by atoms with van der Waals surface area (Å²) in [5, 5.41) is 0. The van der Waals surface area contributed by atoms with Gasteiger partial charge in [0, 0.05) is 18.6 Å². The molecule has 130 valence electrons. The van der Waals surface area contributed by atoms with Crippen LogP contribution in [0.15, 0.2) is 34.1 Å². The van der Waals surface area contributed by atoms with Crippen molar-refractivity contribution in [3.05, 3.63) is 24.3 Å². The third kappa shape index (κ3) is 3.76. The van der Waals surface area contributed by atoms with Crippen molar-refractivity contribution in [1.82, 2.24) is 4.31 Å². The molecule has 1 heterocycles. The van der Waals surface area contributed by atoms with Gasteiger partial charge in [0.15, 0.2) is 9.84 Å². The lowest BCUT2D eigenvalue weighted by Gasteiger charge is -2.36. The Bertz CT molecular complexity index is 757. The molecule has 23 heavy (non-hydrogen) atoms. The molecule has 0 aromatic heterocycles. The minimum Gasteiger partial charge on any atom is -0.326 e.